The summed E-state index contributed by atoms with van der Waals surface area (Å²) < 4.78 is 2.10. The van der Waals surface area contributed by atoms with Gasteiger partial charge in [-0.05, 0) is 11.6 Å². The van der Waals surface area contributed by atoms with Crippen LogP contribution in [0.5, 0.6) is 0 Å². The average molecular weight is 360 g/mol. The van der Waals surface area contributed by atoms with Crippen LogP contribution in [0.4, 0.5) is 0 Å². The molecule has 0 fully saturated rings. The van der Waals surface area contributed by atoms with Gasteiger partial charge in [0.2, 0.25) is 5.91 Å². The Morgan fingerprint density at radius 1 is 1.24 bits per heavy atom. The first kappa shape index (κ1) is 17.6. The molecule has 0 atom stereocenters. The van der Waals surface area contributed by atoms with Gasteiger partial charge in [0.25, 0.3) is 0 Å². The third kappa shape index (κ3) is 4.90. The molecule has 1 aliphatic heterocycles. The number of hydrogen-bond acceptors (Lipinski definition) is 4. The van der Waals surface area contributed by atoms with Crippen molar-refractivity contribution in [2.45, 2.75) is 26.4 Å². The average Bonchev–Trinajstić information content (AvgIpc) is 2.87. The number of fused-ring (bicyclic) bond motifs is 1. The van der Waals surface area contributed by atoms with Gasteiger partial charge in [-0.1, -0.05) is 41.9 Å². The second kappa shape index (κ2) is 8.27. The Bertz CT molecular complexity index is 756. The zero-order valence-corrected chi connectivity index (χ0v) is 15.0. The molecule has 0 unspecified atom stereocenters. The summed E-state index contributed by atoms with van der Waals surface area (Å²) in [7, 11) is 0. The molecule has 2 aromatic rings. The van der Waals surface area contributed by atoms with Gasteiger partial charge in [0.05, 0.1) is 6.54 Å². The van der Waals surface area contributed by atoms with E-state index >= 15 is 0 Å². The van der Waals surface area contributed by atoms with E-state index in [4.69, 9.17) is 11.6 Å². The summed E-state index contributed by atoms with van der Waals surface area (Å²) in [5.74, 6) is 1.70. The number of hydrogen-bond donors (Lipinski definition) is 1. The van der Waals surface area contributed by atoms with Gasteiger partial charge >= 0.3 is 0 Å². The highest BCUT2D eigenvalue weighted by Crippen LogP contribution is 2.15. The molecule has 1 aromatic heterocycles. The van der Waals surface area contributed by atoms with Crippen molar-refractivity contribution in [1.82, 2.24) is 25.0 Å². The van der Waals surface area contributed by atoms with E-state index in [2.05, 4.69) is 25.0 Å². The molecule has 3 rings (SSSR count). The van der Waals surface area contributed by atoms with Crippen molar-refractivity contribution in [2.24, 2.45) is 0 Å². The monoisotopic (exact) mass is 359 g/mol. The molecule has 2 heterocycles. The molecule has 1 amide bonds. The molecule has 0 saturated carbocycles. The molecule has 0 saturated heterocycles. The lowest BCUT2D eigenvalue weighted by molar-refractivity contribution is -0.119. The number of nitrogens with zero attached hydrogens (tertiary/aromatic N) is 4. The Morgan fingerprint density at radius 3 is 2.80 bits per heavy atom. The molecule has 1 N–H and O–H groups in total. The van der Waals surface area contributed by atoms with E-state index in [0.29, 0.717) is 6.54 Å². The van der Waals surface area contributed by atoms with Gasteiger partial charge in [-0.2, -0.15) is 0 Å². The number of aromatic nitrogens is 3. The SMILES string of the molecule is CC(=O)NCc1nnc2n1CCN(CC(Cl)=Cc1ccccc1)CC2. The van der Waals surface area contributed by atoms with Gasteiger partial charge in [-0.25, -0.2) is 0 Å². The van der Waals surface area contributed by atoms with Crippen LogP contribution >= 0.6 is 11.6 Å². The lowest BCUT2D eigenvalue weighted by Crippen LogP contribution is -2.29. The predicted octanol–water partition coefficient (Wildman–Crippen LogP) is 2.05. The number of benzene rings is 1. The summed E-state index contributed by atoms with van der Waals surface area (Å²) in [5.41, 5.74) is 1.11. The summed E-state index contributed by atoms with van der Waals surface area (Å²) in [6.07, 6.45) is 2.83. The van der Waals surface area contributed by atoms with Gasteiger partial charge in [0.15, 0.2) is 5.82 Å². The fourth-order valence-electron chi connectivity index (χ4n) is 2.91. The molecule has 0 bridgehead atoms. The Hall–Kier alpha value is -2.18. The minimum Gasteiger partial charge on any atom is -0.349 e. The summed E-state index contributed by atoms with van der Waals surface area (Å²) in [6, 6.07) is 10.1. The quantitative estimate of drug-likeness (QED) is 0.887. The van der Waals surface area contributed by atoms with Crippen molar-refractivity contribution in [3.05, 3.63) is 52.6 Å². The van der Waals surface area contributed by atoms with Gasteiger partial charge < -0.3 is 9.88 Å². The summed E-state index contributed by atoms with van der Waals surface area (Å²) >= 11 is 6.44. The normalized spacial score (nSPS) is 15.5. The molecule has 1 aromatic carbocycles. The third-order valence-electron chi connectivity index (χ3n) is 4.19. The van der Waals surface area contributed by atoms with E-state index in [0.717, 1.165) is 54.8 Å². The van der Waals surface area contributed by atoms with Crippen molar-refractivity contribution < 1.29 is 4.79 Å². The van der Waals surface area contributed by atoms with Crippen LogP contribution < -0.4 is 5.32 Å². The van der Waals surface area contributed by atoms with Crippen LogP contribution in [-0.2, 0) is 24.3 Å². The first-order valence-electron chi connectivity index (χ1n) is 8.40. The van der Waals surface area contributed by atoms with Crippen molar-refractivity contribution in [3.8, 4) is 0 Å². The lowest BCUT2D eigenvalue weighted by atomic mass is 10.2. The van der Waals surface area contributed by atoms with Crippen LogP contribution in [-0.4, -0.2) is 45.2 Å². The smallest absolute Gasteiger partial charge is 0.217 e. The zero-order valence-electron chi connectivity index (χ0n) is 14.3. The summed E-state index contributed by atoms with van der Waals surface area (Å²) in [6.45, 7) is 5.19. The van der Waals surface area contributed by atoms with Gasteiger partial charge in [-0.15, -0.1) is 10.2 Å². The van der Waals surface area contributed by atoms with Gasteiger partial charge in [0.1, 0.15) is 5.82 Å². The molecule has 1 aliphatic rings. The number of amides is 1. The molecular weight excluding hydrogens is 338 g/mol. The minimum atomic E-state index is -0.0644. The first-order chi connectivity index (χ1) is 12.1. The molecule has 0 radical (unpaired) electrons. The van der Waals surface area contributed by atoms with E-state index in [1.807, 2.05) is 36.4 Å². The number of halogens is 1. The fraction of sp³-hybridized carbons (Fsp3) is 0.389. The zero-order chi connectivity index (χ0) is 17.6. The Labute approximate surface area is 152 Å². The largest absolute Gasteiger partial charge is 0.349 e. The highest BCUT2D eigenvalue weighted by molar-refractivity contribution is 6.31. The van der Waals surface area contributed by atoms with Crippen LogP contribution in [0.3, 0.4) is 0 Å². The first-order valence-corrected chi connectivity index (χ1v) is 8.78. The van der Waals surface area contributed by atoms with E-state index in [1.54, 1.807) is 0 Å². The second-order valence-corrected chi connectivity index (χ2v) is 6.61. The molecule has 132 valence electrons. The highest BCUT2D eigenvalue weighted by atomic mass is 35.5. The number of nitrogens with one attached hydrogen (secondary N) is 1. The Morgan fingerprint density at radius 2 is 2.04 bits per heavy atom. The highest BCUT2D eigenvalue weighted by Gasteiger charge is 2.19. The second-order valence-electron chi connectivity index (χ2n) is 6.12. The van der Waals surface area contributed by atoms with Crippen molar-refractivity contribution in [2.75, 3.05) is 19.6 Å². The van der Waals surface area contributed by atoms with Crippen LogP contribution in [0.1, 0.15) is 24.1 Å². The van der Waals surface area contributed by atoms with Gasteiger partial charge in [0, 0.05) is 44.6 Å². The third-order valence-corrected chi connectivity index (χ3v) is 4.42. The molecule has 7 heteroatoms. The molecule has 0 spiro atoms. The van der Waals surface area contributed by atoms with Crippen LogP contribution in [0.2, 0.25) is 0 Å². The van der Waals surface area contributed by atoms with Crippen molar-refractivity contribution >= 4 is 23.6 Å². The summed E-state index contributed by atoms with van der Waals surface area (Å²) in [5, 5.41) is 12.1. The van der Waals surface area contributed by atoms with Crippen molar-refractivity contribution in [3.63, 3.8) is 0 Å². The van der Waals surface area contributed by atoms with Crippen LogP contribution in [0.15, 0.2) is 35.4 Å². The number of rotatable bonds is 5. The molecule has 25 heavy (non-hydrogen) atoms. The van der Waals surface area contributed by atoms with Crippen LogP contribution in [0.25, 0.3) is 6.08 Å². The number of carbonyl (C=O) groups is 1. The van der Waals surface area contributed by atoms with Crippen molar-refractivity contribution in [1.29, 1.82) is 0 Å². The lowest BCUT2D eigenvalue weighted by Gasteiger charge is -2.19. The maximum atomic E-state index is 11.1. The van der Waals surface area contributed by atoms with E-state index in [-0.39, 0.29) is 5.91 Å². The minimum absolute atomic E-state index is 0.0644. The summed E-state index contributed by atoms with van der Waals surface area (Å²) in [4.78, 5) is 13.4. The predicted molar refractivity (Wildman–Crippen MR) is 98.0 cm³/mol. The number of carbonyl (C=O) groups excluding carboxylic acids is 1. The molecule has 6 nitrogen and oxygen atoms in total. The topological polar surface area (TPSA) is 63.1 Å². The van der Waals surface area contributed by atoms with E-state index in [9.17, 15) is 4.79 Å². The molecule has 0 aliphatic carbocycles. The van der Waals surface area contributed by atoms with Gasteiger partial charge in [-0.3, -0.25) is 9.69 Å². The Kier molecular flexibility index (Phi) is 5.83. The fourth-order valence-corrected chi connectivity index (χ4v) is 3.20. The molecular formula is C18H22ClN5O. The van der Waals surface area contributed by atoms with E-state index in [1.165, 1.54) is 6.92 Å². The van der Waals surface area contributed by atoms with E-state index < -0.39 is 0 Å². The standard InChI is InChI=1S/C18H22ClN5O/c1-14(25)20-12-18-22-21-17-7-8-23(9-10-24(17)18)13-16(19)11-15-5-3-2-4-6-15/h2-6,11H,7-10,12-13H2,1H3,(H,20,25). The van der Waals surface area contributed by atoms with Crippen LogP contribution in [0, 0.1) is 0 Å². The maximum Gasteiger partial charge on any atom is 0.217 e. The maximum absolute atomic E-state index is 11.1. The Balaban J connectivity index is 1.60.